The van der Waals surface area contributed by atoms with Crippen LogP contribution in [0, 0.1) is 0 Å². The number of hydrogen-bond acceptors (Lipinski definition) is 4. The Labute approximate surface area is 86.0 Å². The molecular weight excluding hydrogens is 200 g/mol. The van der Waals surface area contributed by atoms with Crippen LogP contribution in [0.1, 0.15) is 19.8 Å². The third-order valence-corrected chi connectivity index (χ3v) is 2.03. The molecule has 80 valence electrons. The van der Waals surface area contributed by atoms with Gasteiger partial charge >= 0.3 is 17.9 Å². The van der Waals surface area contributed by atoms with Crippen molar-refractivity contribution in [2.24, 2.45) is 0 Å². The lowest BCUT2D eigenvalue weighted by Gasteiger charge is -2.07. The minimum atomic E-state index is -0.935. The minimum Gasteiger partial charge on any atom is -0.478 e. The maximum atomic E-state index is 10.5. The number of carbonyl (C=O) groups excluding carboxylic acids is 2. The Bertz CT molecular complexity index is 353. The second kappa shape index (κ2) is 4.08. The quantitative estimate of drug-likeness (QED) is 0.393. The number of carbonyl (C=O) groups is 3. The number of ether oxygens (including phenoxy) is 1. The summed E-state index contributed by atoms with van der Waals surface area (Å²) >= 11 is 0. The van der Waals surface area contributed by atoms with Crippen LogP contribution in [0.15, 0.2) is 23.3 Å². The molecule has 1 N–H and O–H groups in total. The highest BCUT2D eigenvalue weighted by atomic mass is 16.6. The van der Waals surface area contributed by atoms with Gasteiger partial charge in [-0.3, -0.25) is 0 Å². The molecule has 0 spiro atoms. The Morgan fingerprint density at radius 3 is 1.73 bits per heavy atom. The molecule has 5 heteroatoms. The Morgan fingerprint density at radius 2 is 1.60 bits per heavy atom. The van der Waals surface area contributed by atoms with E-state index < -0.39 is 17.9 Å². The lowest BCUT2D eigenvalue weighted by atomic mass is 9.91. The van der Waals surface area contributed by atoms with Crippen molar-refractivity contribution in [2.45, 2.75) is 19.8 Å². The van der Waals surface area contributed by atoms with E-state index in [1.54, 1.807) is 0 Å². The fourth-order valence-corrected chi connectivity index (χ4v) is 1.03. The Balaban J connectivity index is 0.000000167. The number of esters is 2. The molecule has 2 rings (SSSR count). The van der Waals surface area contributed by atoms with E-state index in [-0.39, 0.29) is 5.57 Å². The van der Waals surface area contributed by atoms with Crippen LogP contribution < -0.4 is 0 Å². The van der Waals surface area contributed by atoms with Gasteiger partial charge in [-0.2, -0.15) is 0 Å². The number of aliphatic carboxylic acids is 1. The number of carboxylic acids is 1. The van der Waals surface area contributed by atoms with Gasteiger partial charge < -0.3 is 9.84 Å². The molecule has 0 bridgehead atoms. The molecule has 15 heavy (non-hydrogen) atoms. The monoisotopic (exact) mass is 210 g/mol. The maximum Gasteiger partial charge on any atom is 0.342 e. The van der Waals surface area contributed by atoms with Gasteiger partial charge in [0.15, 0.2) is 0 Å². The van der Waals surface area contributed by atoms with Crippen LogP contribution >= 0.6 is 0 Å². The standard InChI is InChI=1S/C6H4O3.C4H6O2/c7-5-3-1-2-4(3)6(8)9-5;1-3(2)4(5)6/h1-2H2;1H2,2H3,(H,5,6). The lowest BCUT2D eigenvalue weighted by Crippen LogP contribution is -2.05. The summed E-state index contributed by atoms with van der Waals surface area (Å²) in [7, 11) is 0. The highest BCUT2D eigenvalue weighted by Crippen LogP contribution is 2.34. The third kappa shape index (κ3) is 2.31. The van der Waals surface area contributed by atoms with Gasteiger partial charge in [-0.05, 0) is 19.8 Å². The van der Waals surface area contributed by atoms with E-state index in [2.05, 4.69) is 11.3 Å². The molecule has 0 radical (unpaired) electrons. The maximum absolute atomic E-state index is 10.5. The van der Waals surface area contributed by atoms with E-state index in [9.17, 15) is 14.4 Å². The zero-order chi connectivity index (χ0) is 11.6. The van der Waals surface area contributed by atoms with Gasteiger partial charge in [-0.1, -0.05) is 6.58 Å². The summed E-state index contributed by atoms with van der Waals surface area (Å²) in [5.41, 5.74) is 1.37. The smallest absolute Gasteiger partial charge is 0.342 e. The zero-order valence-corrected chi connectivity index (χ0v) is 8.20. The van der Waals surface area contributed by atoms with Crippen molar-refractivity contribution in [3.63, 3.8) is 0 Å². The van der Waals surface area contributed by atoms with Gasteiger partial charge in [-0.15, -0.1) is 0 Å². The van der Waals surface area contributed by atoms with Gasteiger partial charge in [0, 0.05) is 16.7 Å². The van der Waals surface area contributed by atoms with E-state index >= 15 is 0 Å². The fraction of sp³-hybridized carbons (Fsp3) is 0.300. The molecule has 5 nitrogen and oxygen atoms in total. The molecule has 0 fully saturated rings. The van der Waals surface area contributed by atoms with Crippen molar-refractivity contribution >= 4 is 17.9 Å². The first kappa shape index (κ1) is 11.2. The summed E-state index contributed by atoms with van der Waals surface area (Å²) in [4.78, 5) is 30.7. The van der Waals surface area contributed by atoms with Gasteiger partial charge in [0.25, 0.3) is 0 Å². The molecule has 0 unspecified atom stereocenters. The Hall–Kier alpha value is -1.91. The van der Waals surface area contributed by atoms with E-state index in [1.807, 2.05) is 0 Å². The van der Waals surface area contributed by atoms with Crippen molar-refractivity contribution in [2.75, 3.05) is 0 Å². The molecule has 1 aliphatic carbocycles. The highest BCUT2D eigenvalue weighted by Gasteiger charge is 2.38. The number of cyclic esters (lactones) is 2. The Kier molecular flexibility index (Phi) is 3.04. The predicted molar refractivity (Wildman–Crippen MR) is 49.8 cm³/mol. The van der Waals surface area contributed by atoms with E-state index in [4.69, 9.17) is 5.11 Å². The van der Waals surface area contributed by atoms with Crippen LogP contribution in [0.3, 0.4) is 0 Å². The molecule has 0 aromatic rings. The second-order valence-corrected chi connectivity index (χ2v) is 3.22. The summed E-state index contributed by atoms with van der Waals surface area (Å²) in [6, 6.07) is 0. The summed E-state index contributed by atoms with van der Waals surface area (Å²) in [5, 5.41) is 7.89. The topological polar surface area (TPSA) is 80.7 Å². The van der Waals surface area contributed by atoms with E-state index in [0.29, 0.717) is 11.1 Å². The first-order valence-corrected chi connectivity index (χ1v) is 4.30. The lowest BCUT2D eigenvalue weighted by molar-refractivity contribution is -0.150. The van der Waals surface area contributed by atoms with Gasteiger partial charge in [0.05, 0.1) is 0 Å². The third-order valence-electron chi connectivity index (χ3n) is 2.03. The predicted octanol–water partition coefficient (Wildman–Crippen LogP) is 0.807. The largest absolute Gasteiger partial charge is 0.478 e. The molecule has 0 atom stereocenters. The van der Waals surface area contributed by atoms with E-state index in [0.717, 1.165) is 12.8 Å². The second-order valence-electron chi connectivity index (χ2n) is 3.22. The van der Waals surface area contributed by atoms with Crippen molar-refractivity contribution in [3.05, 3.63) is 23.3 Å². The van der Waals surface area contributed by atoms with Crippen LogP contribution in [0.5, 0.6) is 0 Å². The van der Waals surface area contributed by atoms with Crippen molar-refractivity contribution < 1.29 is 24.2 Å². The highest BCUT2D eigenvalue weighted by molar-refractivity contribution is 6.14. The normalized spacial score (nSPS) is 17.1. The molecule has 0 aromatic carbocycles. The van der Waals surface area contributed by atoms with Crippen LogP contribution in [-0.2, 0) is 19.1 Å². The molecule has 2 aliphatic rings. The minimum absolute atomic E-state index is 0.176. The van der Waals surface area contributed by atoms with Gasteiger partial charge in [-0.25, -0.2) is 14.4 Å². The van der Waals surface area contributed by atoms with Crippen LogP contribution in [0.25, 0.3) is 0 Å². The molecular formula is C10H10O5. The van der Waals surface area contributed by atoms with Crippen molar-refractivity contribution in [1.82, 2.24) is 0 Å². The summed E-state index contributed by atoms with van der Waals surface area (Å²) in [6.45, 7) is 4.60. The number of carboxylic acid groups (broad SMARTS) is 1. The van der Waals surface area contributed by atoms with E-state index in [1.165, 1.54) is 6.92 Å². The number of rotatable bonds is 1. The molecule has 0 amide bonds. The molecule has 0 aromatic heterocycles. The molecule has 1 heterocycles. The average Bonchev–Trinajstić information content (AvgIpc) is 2.18. The van der Waals surface area contributed by atoms with Crippen molar-refractivity contribution in [1.29, 1.82) is 0 Å². The molecule has 0 saturated carbocycles. The van der Waals surface area contributed by atoms with Gasteiger partial charge in [0.2, 0.25) is 0 Å². The SMILES string of the molecule is C=C(C)C(=O)O.O=C1OC(=O)C2=C1CC2. The number of hydrogen-bond donors (Lipinski definition) is 1. The van der Waals surface area contributed by atoms with Crippen LogP contribution in [0.4, 0.5) is 0 Å². The summed E-state index contributed by atoms with van der Waals surface area (Å²) in [6.07, 6.45) is 1.44. The average molecular weight is 210 g/mol. The molecule has 0 saturated heterocycles. The zero-order valence-electron chi connectivity index (χ0n) is 8.20. The van der Waals surface area contributed by atoms with Gasteiger partial charge in [0.1, 0.15) is 0 Å². The Morgan fingerprint density at radius 1 is 1.27 bits per heavy atom. The molecule has 1 aliphatic heterocycles. The first-order chi connectivity index (χ1) is 6.93. The summed E-state index contributed by atoms with van der Waals surface area (Å²) < 4.78 is 4.30. The van der Waals surface area contributed by atoms with Crippen LogP contribution in [-0.4, -0.2) is 23.0 Å². The van der Waals surface area contributed by atoms with Crippen LogP contribution in [0.2, 0.25) is 0 Å². The fourth-order valence-electron chi connectivity index (χ4n) is 1.03. The first-order valence-electron chi connectivity index (χ1n) is 4.30. The summed E-state index contributed by atoms with van der Waals surface area (Å²) in [5.74, 6) is -1.79. The van der Waals surface area contributed by atoms with Crippen molar-refractivity contribution in [3.8, 4) is 0 Å².